The normalized spacial score (nSPS) is 13.8. The van der Waals surface area contributed by atoms with Crippen LogP contribution in [0.1, 0.15) is 18.1 Å². The molecule has 2 aromatic rings. The Balaban J connectivity index is 2.35. The van der Waals surface area contributed by atoms with Crippen LogP contribution in [0.3, 0.4) is 0 Å². The summed E-state index contributed by atoms with van der Waals surface area (Å²) in [5.41, 5.74) is -0.731. The van der Waals surface area contributed by atoms with Crippen molar-refractivity contribution >= 4 is 0 Å². The summed E-state index contributed by atoms with van der Waals surface area (Å²) < 4.78 is 32.3. The Hall–Kier alpha value is -1.94. The zero-order chi connectivity index (χ0) is 14.8. The Bertz CT molecular complexity index is 609. The number of aliphatic hydroxyl groups is 1. The van der Waals surface area contributed by atoms with Gasteiger partial charge in [0.1, 0.15) is 5.82 Å². The lowest BCUT2D eigenvalue weighted by atomic mass is 9.88. The first-order valence-corrected chi connectivity index (χ1v) is 6.24. The Morgan fingerprint density at radius 1 is 1.15 bits per heavy atom. The first-order valence-electron chi connectivity index (χ1n) is 6.24. The topological polar surface area (TPSA) is 29.5 Å². The summed E-state index contributed by atoms with van der Waals surface area (Å²) in [7, 11) is 1.36. The van der Waals surface area contributed by atoms with Gasteiger partial charge in [-0.2, -0.15) is 0 Å². The Morgan fingerprint density at radius 3 is 2.50 bits per heavy atom. The average molecular weight is 278 g/mol. The van der Waals surface area contributed by atoms with Gasteiger partial charge in [-0.3, -0.25) is 0 Å². The van der Waals surface area contributed by atoms with Crippen LogP contribution in [0.5, 0.6) is 5.75 Å². The highest BCUT2D eigenvalue weighted by Gasteiger charge is 2.28. The molecule has 1 unspecified atom stereocenters. The zero-order valence-corrected chi connectivity index (χ0v) is 11.4. The predicted octanol–water partition coefficient (Wildman–Crippen LogP) is 3.42. The maximum atomic E-state index is 14.2. The van der Waals surface area contributed by atoms with E-state index in [-0.39, 0.29) is 23.6 Å². The Kier molecular flexibility index (Phi) is 4.04. The molecule has 0 aromatic heterocycles. The van der Waals surface area contributed by atoms with E-state index in [1.165, 1.54) is 38.3 Å². The summed E-state index contributed by atoms with van der Waals surface area (Å²) in [6, 6.07) is 10.5. The highest BCUT2D eigenvalue weighted by Crippen LogP contribution is 2.31. The minimum absolute atomic E-state index is 0.0713. The molecule has 0 aliphatic heterocycles. The second-order valence-corrected chi connectivity index (χ2v) is 4.90. The molecule has 2 aromatic carbocycles. The SMILES string of the molecule is COc1cccc(C(C)(O)Cc2cccc(F)c2)c1F. The number of methoxy groups -OCH3 is 1. The molecule has 1 N–H and O–H groups in total. The second kappa shape index (κ2) is 5.59. The highest BCUT2D eigenvalue weighted by atomic mass is 19.1. The molecule has 20 heavy (non-hydrogen) atoms. The third-order valence-electron chi connectivity index (χ3n) is 3.20. The van der Waals surface area contributed by atoms with Crippen molar-refractivity contribution < 1.29 is 18.6 Å². The van der Waals surface area contributed by atoms with Gasteiger partial charge in [0, 0.05) is 12.0 Å². The molecule has 0 saturated carbocycles. The van der Waals surface area contributed by atoms with Gasteiger partial charge in [0.05, 0.1) is 12.7 Å². The number of hydrogen-bond acceptors (Lipinski definition) is 2. The molecule has 2 rings (SSSR count). The van der Waals surface area contributed by atoms with Crippen LogP contribution in [-0.4, -0.2) is 12.2 Å². The van der Waals surface area contributed by atoms with Crippen molar-refractivity contribution in [1.29, 1.82) is 0 Å². The third kappa shape index (κ3) is 2.96. The van der Waals surface area contributed by atoms with Crippen molar-refractivity contribution in [3.8, 4) is 5.75 Å². The number of hydrogen-bond donors (Lipinski definition) is 1. The first kappa shape index (κ1) is 14.5. The summed E-state index contributed by atoms with van der Waals surface area (Å²) in [6.07, 6.45) is 0.106. The van der Waals surface area contributed by atoms with Crippen molar-refractivity contribution in [2.24, 2.45) is 0 Å². The van der Waals surface area contributed by atoms with Crippen molar-refractivity contribution in [2.75, 3.05) is 7.11 Å². The number of benzene rings is 2. The van der Waals surface area contributed by atoms with E-state index in [0.717, 1.165) is 0 Å². The van der Waals surface area contributed by atoms with Crippen molar-refractivity contribution in [2.45, 2.75) is 18.9 Å². The predicted molar refractivity (Wildman–Crippen MR) is 72.6 cm³/mol. The van der Waals surface area contributed by atoms with Gasteiger partial charge in [0.2, 0.25) is 0 Å². The highest BCUT2D eigenvalue weighted by molar-refractivity contribution is 5.35. The van der Waals surface area contributed by atoms with Gasteiger partial charge >= 0.3 is 0 Å². The summed E-state index contributed by atoms with van der Waals surface area (Å²) in [4.78, 5) is 0. The van der Waals surface area contributed by atoms with E-state index in [1.54, 1.807) is 18.2 Å². The summed E-state index contributed by atoms with van der Waals surface area (Å²) in [5, 5.41) is 10.5. The van der Waals surface area contributed by atoms with E-state index in [0.29, 0.717) is 5.56 Å². The molecule has 0 spiro atoms. The molecule has 0 bridgehead atoms. The fourth-order valence-electron chi connectivity index (χ4n) is 2.22. The quantitative estimate of drug-likeness (QED) is 0.928. The lowest BCUT2D eigenvalue weighted by Gasteiger charge is -2.25. The van der Waals surface area contributed by atoms with E-state index in [9.17, 15) is 13.9 Å². The van der Waals surface area contributed by atoms with Gasteiger partial charge in [-0.15, -0.1) is 0 Å². The lowest BCUT2D eigenvalue weighted by Crippen LogP contribution is -2.26. The molecule has 0 fully saturated rings. The molecule has 2 nitrogen and oxygen atoms in total. The minimum Gasteiger partial charge on any atom is -0.494 e. The van der Waals surface area contributed by atoms with E-state index in [1.807, 2.05) is 0 Å². The molecule has 0 saturated heterocycles. The molecule has 0 amide bonds. The maximum absolute atomic E-state index is 14.2. The Morgan fingerprint density at radius 2 is 1.85 bits per heavy atom. The second-order valence-electron chi connectivity index (χ2n) is 4.90. The van der Waals surface area contributed by atoms with E-state index in [4.69, 9.17) is 4.74 Å². The van der Waals surface area contributed by atoms with Crippen LogP contribution >= 0.6 is 0 Å². The summed E-state index contributed by atoms with van der Waals surface area (Å²) in [5.74, 6) is -0.914. The molecule has 4 heteroatoms. The standard InChI is InChI=1S/C16H16F2O2/c1-16(19,10-11-5-3-6-12(17)9-11)13-7-4-8-14(20-2)15(13)18/h3-9,19H,10H2,1-2H3. The van der Waals surface area contributed by atoms with Gasteiger partial charge < -0.3 is 9.84 Å². The number of halogens is 2. The zero-order valence-electron chi connectivity index (χ0n) is 11.4. The van der Waals surface area contributed by atoms with Gasteiger partial charge in [-0.1, -0.05) is 24.3 Å². The average Bonchev–Trinajstić information content (AvgIpc) is 2.38. The van der Waals surface area contributed by atoms with Crippen LogP contribution in [-0.2, 0) is 12.0 Å². The van der Waals surface area contributed by atoms with Crippen LogP contribution < -0.4 is 4.74 Å². The minimum atomic E-state index is -1.45. The van der Waals surface area contributed by atoms with Crippen molar-refractivity contribution in [3.05, 3.63) is 65.2 Å². The monoisotopic (exact) mass is 278 g/mol. The molecular formula is C16H16F2O2. The molecule has 106 valence electrons. The van der Waals surface area contributed by atoms with Gasteiger partial charge in [-0.05, 0) is 30.7 Å². The number of ether oxygens (including phenoxy) is 1. The number of rotatable bonds is 4. The van der Waals surface area contributed by atoms with E-state index in [2.05, 4.69) is 0 Å². The molecule has 1 atom stereocenters. The van der Waals surface area contributed by atoms with Gasteiger partial charge in [-0.25, -0.2) is 8.78 Å². The maximum Gasteiger partial charge on any atom is 0.171 e. The fourth-order valence-corrected chi connectivity index (χ4v) is 2.22. The molecule has 0 heterocycles. The van der Waals surface area contributed by atoms with Crippen LogP contribution in [0.4, 0.5) is 8.78 Å². The van der Waals surface area contributed by atoms with Crippen molar-refractivity contribution in [1.82, 2.24) is 0 Å². The molecular weight excluding hydrogens is 262 g/mol. The van der Waals surface area contributed by atoms with E-state index >= 15 is 0 Å². The van der Waals surface area contributed by atoms with Crippen LogP contribution in [0.15, 0.2) is 42.5 Å². The van der Waals surface area contributed by atoms with Gasteiger partial charge in [0.15, 0.2) is 11.6 Å². The van der Waals surface area contributed by atoms with E-state index < -0.39 is 11.4 Å². The van der Waals surface area contributed by atoms with Crippen LogP contribution in [0, 0.1) is 11.6 Å². The van der Waals surface area contributed by atoms with Gasteiger partial charge in [0.25, 0.3) is 0 Å². The largest absolute Gasteiger partial charge is 0.494 e. The Labute approximate surface area is 116 Å². The summed E-state index contributed by atoms with van der Waals surface area (Å²) in [6.45, 7) is 1.50. The van der Waals surface area contributed by atoms with Crippen LogP contribution in [0.2, 0.25) is 0 Å². The molecule has 0 aliphatic rings. The third-order valence-corrected chi connectivity index (χ3v) is 3.20. The smallest absolute Gasteiger partial charge is 0.171 e. The molecule has 0 radical (unpaired) electrons. The van der Waals surface area contributed by atoms with Crippen molar-refractivity contribution in [3.63, 3.8) is 0 Å². The lowest BCUT2D eigenvalue weighted by molar-refractivity contribution is 0.0532. The van der Waals surface area contributed by atoms with Crippen LogP contribution in [0.25, 0.3) is 0 Å². The fraction of sp³-hybridized carbons (Fsp3) is 0.250. The first-order chi connectivity index (χ1) is 9.44. The molecule has 0 aliphatic carbocycles. The summed E-state index contributed by atoms with van der Waals surface area (Å²) >= 11 is 0.